The molecule has 0 spiro atoms. The van der Waals surface area contributed by atoms with Gasteiger partial charge >= 0.3 is 47.8 Å². The zero-order chi connectivity index (χ0) is 35.8. The van der Waals surface area contributed by atoms with E-state index in [1.54, 1.807) is 0 Å². The van der Waals surface area contributed by atoms with E-state index in [9.17, 15) is 43.5 Å². The van der Waals surface area contributed by atoms with E-state index in [1.807, 2.05) is 0 Å². The minimum atomic E-state index is -2.94. The van der Waals surface area contributed by atoms with Crippen LogP contribution in [0.15, 0.2) is 0 Å². The highest BCUT2D eigenvalue weighted by Crippen LogP contribution is 2.44. The normalized spacial score (nSPS) is 31.6. The summed E-state index contributed by atoms with van der Waals surface area (Å²) in [5.74, 6) is -7.80. The predicted molar refractivity (Wildman–Crippen MR) is 145 cm³/mol. The van der Waals surface area contributed by atoms with Crippen molar-refractivity contribution in [1.29, 1.82) is 0 Å². The standard InChI is InChI=1S/C28H38O19/c1-11(29)38-9-19-21(40-13(3)31)22(41-14(4)32)23(42-15(5)33)25(46-19)28(37)20(10-39-12(2)30)47-27(45-18(8)36)24(43-16(6)34)26(28)44-17(7)35/h19-27,37H,9-10H2,1-8H3/t19-,20-,21+,22+,23-,24-,25-,26-,27-,28+/m1/s1. The summed E-state index contributed by atoms with van der Waals surface area (Å²) >= 11 is 0. The first-order valence-electron chi connectivity index (χ1n) is 14.1. The molecule has 2 heterocycles. The first-order valence-corrected chi connectivity index (χ1v) is 14.1. The lowest BCUT2D eigenvalue weighted by molar-refractivity contribution is -0.369. The number of rotatable bonds is 11. The quantitative estimate of drug-likeness (QED) is 0.194. The summed E-state index contributed by atoms with van der Waals surface area (Å²) in [5, 5.41) is 12.7. The van der Waals surface area contributed by atoms with Gasteiger partial charge in [-0.05, 0) is 0 Å². The Morgan fingerprint density at radius 1 is 0.511 bits per heavy atom. The lowest BCUT2D eigenvalue weighted by atomic mass is 9.74. The predicted octanol–water partition coefficient (Wildman–Crippen LogP) is -1.44. The fourth-order valence-electron chi connectivity index (χ4n) is 5.16. The van der Waals surface area contributed by atoms with Crippen molar-refractivity contribution in [3.8, 4) is 0 Å². The molecule has 2 fully saturated rings. The van der Waals surface area contributed by atoms with E-state index < -0.39 is 122 Å². The number of hydrogen-bond donors (Lipinski definition) is 1. The van der Waals surface area contributed by atoms with Gasteiger partial charge in [0.15, 0.2) is 30.0 Å². The SMILES string of the molecule is CC(=O)OC[C@H]1O[C@@H]([C@]2(O)[C@H](OC(C)=O)[C@@H](OC(C)=O)[C@H](OC(C)=O)O[C@@H]2COC(C)=O)[C@H](OC(C)=O)[C@@H](OC(C)=O)[C@H]1OC(C)=O. The summed E-state index contributed by atoms with van der Waals surface area (Å²) in [6, 6.07) is 0. The minimum Gasteiger partial charge on any atom is -0.463 e. The Balaban J connectivity index is 2.97. The third-order valence-corrected chi connectivity index (χ3v) is 6.60. The molecule has 264 valence electrons. The summed E-state index contributed by atoms with van der Waals surface area (Å²) < 4.78 is 54.2. The first kappa shape index (κ1) is 38.8. The highest BCUT2D eigenvalue weighted by Gasteiger charge is 2.69. The zero-order valence-corrected chi connectivity index (χ0v) is 26.9. The molecule has 19 heteroatoms. The van der Waals surface area contributed by atoms with E-state index in [4.69, 9.17) is 47.4 Å². The number of aliphatic hydroxyl groups is 1. The van der Waals surface area contributed by atoms with Crippen molar-refractivity contribution in [3.05, 3.63) is 0 Å². The second kappa shape index (κ2) is 16.5. The molecule has 0 aliphatic carbocycles. The van der Waals surface area contributed by atoms with Crippen LogP contribution in [0.1, 0.15) is 55.4 Å². The molecule has 47 heavy (non-hydrogen) atoms. The summed E-state index contributed by atoms with van der Waals surface area (Å²) in [7, 11) is 0. The average Bonchev–Trinajstić information content (AvgIpc) is 2.91. The molecule has 2 saturated heterocycles. The number of carbonyl (C=O) groups is 8. The Hall–Kier alpha value is -4.36. The van der Waals surface area contributed by atoms with E-state index in [2.05, 4.69) is 0 Å². The van der Waals surface area contributed by atoms with Gasteiger partial charge in [-0.1, -0.05) is 0 Å². The van der Waals surface area contributed by atoms with Crippen LogP contribution in [0.25, 0.3) is 0 Å². The smallest absolute Gasteiger partial charge is 0.305 e. The van der Waals surface area contributed by atoms with Crippen molar-refractivity contribution in [3.63, 3.8) is 0 Å². The molecule has 0 bridgehead atoms. The van der Waals surface area contributed by atoms with Crippen molar-refractivity contribution >= 4 is 47.8 Å². The first-order chi connectivity index (χ1) is 21.8. The molecule has 0 aromatic carbocycles. The van der Waals surface area contributed by atoms with Crippen LogP contribution in [0.4, 0.5) is 0 Å². The number of hydrogen-bond acceptors (Lipinski definition) is 19. The Morgan fingerprint density at radius 2 is 0.936 bits per heavy atom. The molecule has 2 rings (SSSR count). The van der Waals surface area contributed by atoms with Gasteiger partial charge in [0.05, 0.1) is 0 Å². The van der Waals surface area contributed by atoms with Gasteiger partial charge in [0.1, 0.15) is 31.5 Å². The van der Waals surface area contributed by atoms with Gasteiger partial charge in [-0.25, -0.2) is 0 Å². The third-order valence-electron chi connectivity index (χ3n) is 6.60. The van der Waals surface area contributed by atoms with Crippen LogP contribution in [-0.4, -0.2) is 127 Å². The largest absolute Gasteiger partial charge is 0.463 e. The summed E-state index contributed by atoms with van der Waals surface area (Å²) in [5.41, 5.74) is -2.94. The molecule has 0 amide bonds. The molecule has 0 aromatic heterocycles. The molecule has 2 aliphatic heterocycles. The topological polar surface area (TPSA) is 249 Å². The Morgan fingerprint density at radius 3 is 1.40 bits per heavy atom. The van der Waals surface area contributed by atoms with E-state index in [0.29, 0.717) is 0 Å². The monoisotopic (exact) mass is 678 g/mol. The molecule has 0 radical (unpaired) electrons. The third kappa shape index (κ3) is 10.3. The van der Waals surface area contributed by atoms with Gasteiger partial charge < -0.3 is 52.5 Å². The fraction of sp³-hybridized carbons (Fsp3) is 0.714. The van der Waals surface area contributed by atoms with Gasteiger partial charge in [-0.3, -0.25) is 38.4 Å². The number of carbonyl (C=O) groups excluding carboxylic acids is 8. The van der Waals surface area contributed by atoms with Crippen LogP contribution < -0.4 is 0 Å². The Bertz CT molecular complexity index is 1230. The lowest BCUT2D eigenvalue weighted by Gasteiger charge is -2.56. The van der Waals surface area contributed by atoms with Gasteiger partial charge in [0, 0.05) is 55.4 Å². The van der Waals surface area contributed by atoms with E-state index in [-0.39, 0.29) is 0 Å². The maximum absolute atomic E-state index is 12.7. The van der Waals surface area contributed by atoms with Crippen molar-refractivity contribution in [2.24, 2.45) is 0 Å². The van der Waals surface area contributed by atoms with E-state index in [1.165, 1.54) is 0 Å². The molecule has 0 aromatic rings. The highest BCUT2D eigenvalue weighted by molar-refractivity contribution is 5.70. The van der Waals surface area contributed by atoms with Crippen molar-refractivity contribution < 1.29 is 90.8 Å². The van der Waals surface area contributed by atoms with Crippen molar-refractivity contribution in [1.82, 2.24) is 0 Å². The molecule has 0 unspecified atom stereocenters. The van der Waals surface area contributed by atoms with E-state index >= 15 is 0 Å². The maximum Gasteiger partial charge on any atom is 0.305 e. The summed E-state index contributed by atoms with van der Waals surface area (Å²) in [4.78, 5) is 97.3. The van der Waals surface area contributed by atoms with Crippen LogP contribution in [0.5, 0.6) is 0 Å². The van der Waals surface area contributed by atoms with Crippen LogP contribution in [0.2, 0.25) is 0 Å². The van der Waals surface area contributed by atoms with Gasteiger partial charge in [-0.2, -0.15) is 0 Å². The molecule has 0 saturated carbocycles. The van der Waals surface area contributed by atoms with Crippen molar-refractivity contribution in [2.75, 3.05) is 13.2 Å². The maximum atomic E-state index is 12.7. The van der Waals surface area contributed by atoms with Gasteiger partial charge in [0.2, 0.25) is 12.4 Å². The van der Waals surface area contributed by atoms with Crippen LogP contribution in [0, 0.1) is 0 Å². The molecule has 1 N–H and O–H groups in total. The van der Waals surface area contributed by atoms with Crippen LogP contribution in [0.3, 0.4) is 0 Å². The summed E-state index contributed by atoms with van der Waals surface area (Å²) in [6.07, 6.45) is -17.0. The molecular formula is C28H38O19. The van der Waals surface area contributed by atoms with Gasteiger partial charge in [0.25, 0.3) is 0 Å². The summed E-state index contributed by atoms with van der Waals surface area (Å²) in [6.45, 7) is 6.18. The molecule has 19 nitrogen and oxygen atoms in total. The minimum absolute atomic E-state index is 0.707. The average molecular weight is 679 g/mol. The highest BCUT2D eigenvalue weighted by atomic mass is 16.7. The number of ether oxygens (including phenoxy) is 10. The lowest BCUT2D eigenvalue weighted by Crippen LogP contribution is -2.79. The molecular weight excluding hydrogens is 640 g/mol. The van der Waals surface area contributed by atoms with Crippen LogP contribution >= 0.6 is 0 Å². The second-order valence-corrected chi connectivity index (χ2v) is 10.5. The van der Waals surface area contributed by atoms with Crippen LogP contribution in [-0.2, 0) is 85.7 Å². The van der Waals surface area contributed by atoms with E-state index in [0.717, 1.165) is 55.4 Å². The number of esters is 8. The second-order valence-electron chi connectivity index (χ2n) is 10.5. The van der Waals surface area contributed by atoms with Gasteiger partial charge in [-0.15, -0.1) is 0 Å². The van der Waals surface area contributed by atoms with Crippen molar-refractivity contribution in [2.45, 2.75) is 116 Å². The fourth-order valence-corrected chi connectivity index (χ4v) is 5.16. The Kier molecular flexibility index (Phi) is 13.6. The molecule has 2 aliphatic rings. The Labute approximate surface area is 268 Å². The zero-order valence-electron chi connectivity index (χ0n) is 26.9. The molecule has 10 atom stereocenters.